The first-order chi connectivity index (χ1) is 10.8. The normalized spacial score (nSPS) is 19.0. The first kappa shape index (κ1) is 14.9. The molecule has 4 nitrogen and oxygen atoms in total. The largest absolute Gasteiger partial charge is 0.504 e. The standard InChI is InChI=1S/C18H21NO3/c1-21-17-14(8-5-9-16(17)20)15(18-19-10-11-22-18)12-13-6-3-2-4-7-13/h2-9,15,18-20H,10-12H2,1H3. The minimum atomic E-state index is -0.0732. The monoisotopic (exact) mass is 299 g/mol. The zero-order valence-electron chi connectivity index (χ0n) is 12.7. The molecule has 116 valence electrons. The molecule has 2 aromatic carbocycles. The third-order valence-corrected chi connectivity index (χ3v) is 4.04. The number of phenolic OH excluding ortho intramolecular Hbond substituents is 1. The maximum atomic E-state index is 10.1. The molecular weight excluding hydrogens is 278 g/mol. The topological polar surface area (TPSA) is 50.7 Å². The molecule has 0 amide bonds. The average molecular weight is 299 g/mol. The van der Waals surface area contributed by atoms with Gasteiger partial charge in [-0.15, -0.1) is 0 Å². The lowest BCUT2D eigenvalue weighted by atomic mass is 9.89. The quantitative estimate of drug-likeness (QED) is 0.891. The fourth-order valence-corrected chi connectivity index (χ4v) is 3.01. The van der Waals surface area contributed by atoms with Crippen molar-refractivity contribution < 1.29 is 14.6 Å². The van der Waals surface area contributed by atoms with Crippen LogP contribution in [0.4, 0.5) is 0 Å². The summed E-state index contributed by atoms with van der Waals surface area (Å²) >= 11 is 0. The number of ether oxygens (including phenoxy) is 2. The van der Waals surface area contributed by atoms with Gasteiger partial charge in [-0.05, 0) is 18.1 Å². The van der Waals surface area contributed by atoms with Gasteiger partial charge in [0.15, 0.2) is 11.5 Å². The van der Waals surface area contributed by atoms with Crippen molar-refractivity contribution in [2.24, 2.45) is 0 Å². The molecular formula is C18H21NO3. The van der Waals surface area contributed by atoms with Crippen molar-refractivity contribution in [2.75, 3.05) is 20.3 Å². The van der Waals surface area contributed by atoms with Crippen LogP contribution in [0.15, 0.2) is 48.5 Å². The van der Waals surface area contributed by atoms with E-state index >= 15 is 0 Å². The minimum Gasteiger partial charge on any atom is -0.504 e. The molecule has 1 fully saturated rings. The van der Waals surface area contributed by atoms with Crippen LogP contribution in [-0.4, -0.2) is 31.6 Å². The summed E-state index contributed by atoms with van der Waals surface area (Å²) in [4.78, 5) is 0. The highest BCUT2D eigenvalue weighted by molar-refractivity contribution is 5.48. The van der Waals surface area contributed by atoms with Gasteiger partial charge >= 0.3 is 0 Å². The van der Waals surface area contributed by atoms with Crippen molar-refractivity contribution in [1.29, 1.82) is 0 Å². The SMILES string of the molecule is COc1c(O)cccc1C(Cc1ccccc1)C1NCCO1. The predicted molar refractivity (Wildman–Crippen MR) is 85.3 cm³/mol. The fourth-order valence-electron chi connectivity index (χ4n) is 3.01. The molecule has 0 saturated carbocycles. The van der Waals surface area contributed by atoms with Gasteiger partial charge in [0.25, 0.3) is 0 Å². The van der Waals surface area contributed by atoms with Gasteiger partial charge in [0, 0.05) is 18.0 Å². The summed E-state index contributed by atoms with van der Waals surface area (Å²) in [7, 11) is 1.58. The summed E-state index contributed by atoms with van der Waals surface area (Å²) in [5, 5.41) is 13.4. The number of methoxy groups -OCH3 is 1. The first-order valence-electron chi connectivity index (χ1n) is 7.54. The van der Waals surface area contributed by atoms with Crippen LogP contribution in [0.3, 0.4) is 0 Å². The van der Waals surface area contributed by atoms with Gasteiger partial charge in [0.2, 0.25) is 0 Å². The summed E-state index contributed by atoms with van der Waals surface area (Å²) < 4.78 is 11.3. The van der Waals surface area contributed by atoms with E-state index in [0.717, 1.165) is 18.5 Å². The third-order valence-electron chi connectivity index (χ3n) is 4.04. The van der Waals surface area contributed by atoms with E-state index in [1.165, 1.54) is 5.56 Å². The second-order valence-electron chi connectivity index (χ2n) is 5.44. The number of hydrogen-bond donors (Lipinski definition) is 2. The number of benzene rings is 2. The third kappa shape index (κ3) is 3.08. The Morgan fingerprint density at radius 2 is 2.05 bits per heavy atom. The number of hydrogen-bond acceptors (Lipinski definition) is 4. The lowest BCUT2D eigenvalue weighted by Crippen LogP contribution is -2.31. The van der Waals surface area contributed by atoms with Crippen molar-refractivity contribution in [3.8, 4) is 11.5 Å². The summed E-state index contributed by atoms with van der Waals surface area (Å²) in [6.45, 7) is 1.55. The first-order valence-corrected chi connectivity index (χ1v) is 7.54. The molecule has 1 aliphatic heterocycles. The van der Waals surface area contributed by atoms with Crippen molar-refractivity contribution in [1.82, 2.24) is 5.32 Å². The second kappa shape index (κ2) is 6.81. The van der Waals surface area contributed by atoms with Gasteiger partial charge in [0.1, 0.15) is 6.23 Å². The van der Waals surface area contributed by atoms with E-state index in [1.54, 1.807) is 13.2 Å². The van der Waals surface area contributed by atoms with E-state index in [9.17, 15) is 5.11 Å². The van der Waals surface area contributed by atoms with Crippen LogP contribution >= 0.6 is 0 Å². The van der Waals surface area contributed by atoms with E-state index in [4.69, 9.17) is 9.47 Å². The van der Waals surface area contributed by atoms with Gasteiger partial charge in [-0.3, -0.25) is 5.32 Å². The van der Waals surface area contributed by atoms with Crippen LogP contribution in [0.5, 0.6) is 11.5 Å². The summed E-state index contributed by atoms with van der Waals surface area (Å²) in [5.74, 6) is 0.767. The highest BCUT2D eigenvalue weighted by atomic mass is 16.5. The Morgan fingerprint density at radius 1 is 1.23 bits per heavy atom. The molecule has 0 radical (unpaired) electrons. The molecule has 0 aliphatic carbocycles. The Hall–Kier alpha value is -2.04. The van der Waals surface area contributed by atoms with E-state index in [2.05, 4.69) is 17.4 Å². The summed E-state index contributed by atoms with van der Waals surface area (Å²) in [6, 6.07) is 15.8. The molecule has 1 aliphatic rings. The number of rotatable bonds is 5. The Kier molecular flexibility index (Phi) is 4.61. The van der Waals surface area contributed by atoms with Gasteiger partial charge in [0.05, 0.1) is 13.7 Å². The molecule has 2 N–H and O–H groups in total. The Labute approximate surface area is 130 Å². The van der Waals surface area contributed by atoms with E-state index < -0.39 is 0 Å². The van der Waals surface area contributed by atoms with Crippen LogP contribution in [-0.2, 0) is 11.2 Å². The lowest BCUT2D eigenvalue weighted by Gasteiger charge is -2.25. The number of aromatic hydroxyl groups is 1. The number of nitrogens with one attached hydrogen (secondary N) is 1. The van der Waals surface area contributed by atoms with Crippen LogP contribution in [0.2, 0.25) is 0 Å². The van der Waals surface area contributed by atoms with Crippen molar-refractivity contribution in [3.63, 3.8) is 0 Å². The Balaban J connectivity index is 1.96. The zero-order chi connectivity index (χ0) is 15.4. The molecule has 4 heteroatoms. The summed E-state index contributed by atoms with van der Waals surface area (Å²) in [5.41, 5.74) is 2.20. The summed E-state index contributed by atoms with van der Waals surface area (Å²) in [6.07, 6.45) is 0.745. The van der Waals surface area contributed by atoms with Gasteiger partial charge in [-0.1, -0.05) is 42.5 Å². The minimum absolute atomic E-state index is 0.0732. The lowest BCUT2D eigenvalue weighted by molar-refractivity contribution is 0.0771. The Morgan fingerprint density at radius 3 is 2.73 bits per heavy atom. The maximum Gasteiger partial charge on any atom is 0.164 e. The van der Waals surface area contributed by atoms with Crippen LogP contribution < -0.4 is 10.1 Å². The maximum absolute atomic E-state index is 10.1. The van der Waals surface area contributed by atoms with Crippen molar-refractivity contribution >= 4 is 0 Å². The molecule has 0 bridgehead atoms. The molecule has 0 aromatic heterocycles. The van der Waals surface area contributed by atoms with Gasteiger partial charge in [-0.2, -0.15) is 0 Å². The molecule has 0 spiro atoms. The number of para-hydroxylation sites is 1. The zero-order valence-corrected chi connectivity index (χ0v) is 12.7. The molecule has 1 heterocycles. The van der Waals surface area contributed by atoms with Gasteiger partial charge < -0.3 is 14.6 Å². The van der Waals surface area contributed by atoms with Crippen molar-refractivity contribution in [2.45, 2.75) is 18.6 Å². The molecule has 3 rings (SSSR count). The molecule has 2 unspecified atom stereocenters. The van der Waals surface area contributed by atoms with E-state index in [0.29, 0.717) is 12.4 Å². The molecule has 22 heavy (non-hydrogen) atoms. The predicted octanol–water partition coefficient (Wildman–Crippen LogP) is 2.67. The average Bonchev–Trinajstić information content (AvgIpc) is 3.07. The van der Waals surface area contributed by atoms with E-state index in [1.807, 2.05) is 30.3 Å². The smallest absolute Gasteiger partial charge is 0.164 e. The number of phenols is 1. The Bertz CT molecular complexity index is 609. The van der Waals surface area contributed by atoms with Gasteiger partial charge in [-0.25, -0.2) is 0 Å². The van der Waals surface area contributed by atoms with Crippen LogP contribution in [0, 0.1) is 0 Å². The second-order valence-corrected chi connectivity index (χ2v) is 5.44. The van der Waals surface area contributed by atoms with Crippen LogP contribution in [0.1, 0.15) is 17.0 Å². The molecule has 2 aromatic rings. The molecule has 2 atom stereocenters. The molecule has 1 saturated heterocycles. The van der Waals surface area contributed by atoms with E-state index in [-0.39, 0.29) is 17.9 Å². The highest BCUT2D eigenvalue weighted by Crippen LogP contribution is 2.38. The van der Waals surface area contributed by atoms with Crippen molar-refractivity contribution in [3.05, 3.63) is 59.7 Å². The van der Waals surface area contributed by atoms with Crippen LogP contribution in [0.25, 0.3) is 0 Å². The highest BCUT2D eigenvalue weighted by Gasteiger charge is 2.30. The fraction of sp³-hybridized carbons (Fsp3) is 0.333.